The van der Waals surface area contributed by atoms with Crippen molar-refractivity contribution in [3.8, 4) is 0 Å². The van der Waals surface area contributed by atoms with Crippen LogP contribution >= 0.6 is 15.9 Å². The molecule has 1 heterocycles. The van der Waals surface area contributed by atoms with Gasteiger partial charge >= 0.3 is 5.76 Å². The Bertz CT molecular complexity index is 569. The van der Waals surface area contributed by atoms with Crippen LogP contribution in [0.1, 0.15) is 4.11 Å². The highest BCUT2D eigenvalue weighted by atomic mass is 79.9. The predicted octanol–water partition coefficient (Wildman–Crippen LogP) is 1.89. The van der Waals surface area contributed by atoms with E-state index < -0.39 is 12.7 Å². The van der Waals surface area contributed by atoms with Crippen LogP contribution in [0.3, 0.4) is 0 Å². The monoisotopic (exact) mass is 230 g/mol. The maximum Gasteiger partial charge on any atom is 0.419 e. The molecule has 0 radical (unpaired) electrons. The SMILES string of the molecule is [2H]C([2H])([2H])n1c(=O)oc2ccc(Br)cc21. The Morgan fingerprint density at radius 2 is 2.50 bits per heavy atom. The zero-order chi connectivity index (χ0) is 11.2. The summed E-state index contributed by atoms with van der Waals surface area (Å²) >= 11 is 3.20. The van der Waals surface area contributed by atoms with Crippen molar-refractivity contribution in [3.63, 3.8) is 0 Å². The van der Waals surface area contributed by atoms with Gasteiger partial charge in [0.05, 0.1) is 5.52 Å². The number of nitrogens with zero attached hydrogens (tertiary/aromatic N) is 1. The molecule has 62 valence electrons. The van der Waals surface area contributed by atoms with Crippen molar-refractivity contribution in [1.29, 1.82) is 0 Å². The number of rotatable bonds is 0. The molecule has 0 fully saturated rings. The van der Waals surface area contributed by atoms with Gasteiger partial charge in [0.25, 0.3) is 0 Å². The van der Waals surface area contributed by atoms with Crippen molar-refractivity contribution in [2.45, 2.75) is 0 Å². The summed E-state index contributed by atoms with van der Waals surface area (Å²) in [7, 11) is 0. The lowest BCUT2D eigenvalue weighted by molar-refractivity contribution is 0.528. The second-order valence-electron chi connectivity index (χ2n) is 2.32. The molecule has 0 amide bonds. The largest absolute Gasteiger partial charge is 0.419 e. The molecule has 0 bridgehead atoms. The standard InChI is InChI=1S/C8H6BrNO2/c1-10-6-4-5(9)2-3-7(6)12-8(10)11/h2-4H,1H3/i1D3. The Labute approximate surface area is 80.9 Å². The fraction of sp³-hybridized carbons (Fsp3) is 0.125. The quantitative estimate of drug-likeness (QED) is 0.693. The van der Waals surface area contributed by atoms with E-state index in [1.807, 2.05) is 0 Å². The fourth-order valence-corrected chi connectivity index (χ4v) is 1.34. The predicted molar refractivity (Wildman–Crippen MR) is 49.2 cm³/mol. The first-order valence-electron chi connectivity index (χ1n) is 4.71. The molecule has 0 aliphatic rings. The Hall–Kier alpha value is -1.03. The van der Waals surface area contributed by atoms with Crippen LogP contribution in [-0.4, -0.2) is 4.57 Å². The van der Waals surface area contributed by atoms with Crippen molar-refractivity contribution in [1.82, 2.24) is 4.57 Å². The average Bonchev–Trinajstić information content (AvgIpc) is 2.38. The summed E-state index contributed by atoms with van der Waals surface area (Å²) in [5, 5.41) is 0. The molecule has 2 rings (SSSR count). The third kappa shape index (κ3) is 0.992. The van der Waals surface area contributed by atoms with Gasteiger partial charge in [-0.15, -0.1) is 0 Å². The minimum absolute atomic E-state index is 0.259. The Kier molecular flexibility index (Phi) is 1.01. The summed E-state index contributed by atoms with van der Waals surface area (Å²) in [6.45, 7) is -2.52. The molecule has 0 N–H and O–H groups in total. The molecule has 0 atom stereocenters. The van der Waals surface area contributed by atoms with Gasteiger partial charge in [-0.2, -0.15) is 0 Å². The lowest BCUT2D eigenvalue weighted by Gasteiger charge is -1.91. The molecule has 0 saturated heterocycles. The van der Waals surface area contributed by atoms with E-state index in [1.165, 1.54) is 6.07 Å². The van der Waals surface area contributed by atoms with Gasteiger partial charge in [-0.3, -0.25) is 4.57 Å². The highest BCUT2D eigenvalue weighted by Crippen LogP contribution is 2.17. The first-order valence-corrected chi connectivity index (χ1v) is 4.00. The third-order valence-corrected chi connectivity index (χ3v) is 2.03. The number of benzene rings is 1. The summed E-state index contributed by atoms with van der Waals surface area (Å²) in [5.41, 5.74) is 0.522. The van der Waals surface area contributed by atoms with Crippen LogP contribution in [0, 0.1) is 0 Å². The highest BCUT2D eigenvalue weighted by molar-refractivity contribution is 9.10. The number of hydrogen-bond acceptors (Lipinski definition) is 2. The summed E-state index contributed by atoms with van der Waals surface area (Å²) in [4.78, 5) is 11.3. The normalized spacial score (nSPS) is 15.6. The summed E-state index contributed by atoms with van der Waals surface area (Å²) in [6.07, 6.45) is 0. The molecule has 0 unspecified atom stereocenters. The van der Waals surface area contributed by atoms with E-state index in [9.17, 15) is 4.79 Å². The van der Waals surface area contributed by atoms with E-state index in [0.29, 0.717) is 9.04 Å². The number of aromatic nitrogens is 1. The summed E-state index contributed by atoms with van der Waals surface area (Å²) < 4.78 is 27.8. The van der Waals surface area contributed by atoms with E-state index in [4.69, 9.17) is 8.53 Å². The van der Waals surface area contributed by atoms with Gasteiger partial charge in [-0.1, -0.05) is 15.9 Å². The molecule has 0 saturated carbocycles. The first kappa shape index (κ1) is 4.87. The van der Waals surface area contributed by atoms with Gasteiger partial charge < -0.3 is 4.42 Å². The van der Waals surface area contributed by atoms with Gasteiger partial charge in [-0.05, 0) is 18.2 Å². The van der Waals surface area contributed by atoms with Crippen LogP contribution < -0.4 is 5.76 Å². The third-order valence-electron chi connectivity index (χ3n) is 1.54. The number of aryl methyl sites for hydroxylation is 1. The van der Waals surface area contributed by atoms with Crippen LogP contribution in [0.5, 0.6) is 0 Å². The molecule has 2 aromatic rings. The Balaban J connectivity index is 2.89. The van der Waals surface area contributed by atoms with Gasteiger partial charge in [0, 0.05) is 15.6 Å². The highest BCUT2D eigenvalue weighted by Gasteiger charge is 2.04. The molecule has 4 heteroatoms. The van der Waals surface area contributed by atoms with Crippen LogP contribution in [0.4, 0.5) is 0 Å². The molecule has 1 aromatic carbocycles. The first-order chi connectivity index (χ1) is 6.89. The minimum atomic E-state index is -2.52. The van der Waals surface area contributed by atoms with E-state index in [1.54, 1.807) is 12.1 Å². The zero-order valence-electron chi connectivity index (χ0n) is 8.87. The van der Waals surface area contributed by atoms with E-state index >= 15 is 0 Å². The van der Waals surface area contributed by atoms with Crippen LogP contribution in [0.15, 0.2) is 31.9 Å². The Morgan fingerprint density at radius 1 is 1.67 bits per heavy atom. The molecule has 1 aromatic heterocycles. The number of fused-ring (bicyclic) bond motifs is 1. The smallest absolute Gasteiger partial charge is 0.408 e. The molecular formula is C8H6BrNO2. The lowest BCUT2D eigenvalue weighted by Crippen LogP contribution is -2.08. The van der Waals surface area contributed by atoms with E-state index in [0.717, 1.165) is 0 Å². The Morgan fingerprint density at radius 3 is 3.25 bits per heavy atom. The molecule has 12 heavy (non-hydrogen) atoms. The van der Waals surface area contributed by atoms with Crippen molar-refractivity contribution >= 4 is 27.0 Å². The van der Waals surface area contributed by atoms with Crippen molar-refractivity contribution in [2.24, 2.45) is 6.98 Å². The number of hydrogen-bond donors (Lipinski definition) is 0. The second kappa shape index (κ2) is 2.48. The maximum atomic E-state index is 11.3. The molecule has 0 aliphatic carbocycles. The second-order valence-corrected chi connectivity index (χ2v) is 3.23. The molecule has 0 aliphatic heterocycles. The minimum Gasteiger partial charge on any atom is -0.408 e. The van der Waals surface area contributed by atoms with Gasteiger partial charge in [0.2, 0.25) is 0 Å². The fourth-order valence-electron chi connectivity index (χ4n) is 0.990. The number of oxazole rings is 1. The molecular weight excluding hydrogens is 222 g/mol. The zero-order valence-corrected chi connectivity index (χ0v) is 7.46. The summed E-state index contributed by atoms with van der Waals surface area (Å²) in [6, 6.07) is 4.75. The van der Waals surface area contributed by atoms with Crippen molar-refractivity contribution < 1.29 is 8.53 Å². The van der Waals surface area contributed by atoms with Gasteiger partial charge in [-0.25, -0.2) is 4.79 Å². The van der Waals surface area contributed by atoms with Gasteiger partial charge in [0.1, 0.15) is 0 Å². The molecule has 3 nitrogen and oxygen atoms in total. The van der Waals surface area contributed by atoms with E-state index in [2.05, 4.69) is 15.9 Å². The maximum absolute atomic E-state index is 11.3. The molecule has 0 spiro atoms. The van der Waals surface area contributed by atoms with Crippen LogP contribution in [0.25, 0.3) is 11.1 Å². The average molecular weight is 231 g/mol. The van der Waals surface area contributed by atoms with Crippen LogP contribution in [0.2, 0.25) is 0 Å². The van der Waals surface area contributed by atoms with Crippen molar-refractivity contribution in [2.75, 3.05) is 0 Å². The summed E-state index contributed by atoms with van der Waals surface area (Å²) in [5.74, 6) is -0.872. The van der Waals surface area contributed by atoms with Crippen molar-refractivity contribution in [3.05, 3.63) is 33.2 Å². The van der Waals surface area contributed by atoms with Crippen LogP contribution in [-0.2, 0) is 6.98 Å². The lowest BCUT2D eigenvalue weighted by atomic mass is 10.3. The van der Waals surface area contributed by atoms with Gasteiger partial charge in [0.15, 0.2) is 5.58 Å². The number of halogens is 1. The van der Waals surface area contributed by atoms with E-state index in [-0.39, 0.29) is 11.1 Å². The topological polar surface area (TPSA) is 35.1 Å².